The van der Waals surface area contributed by atoms with Gasteiger partial charge in [-0.3, -0.25) is 4.68 Å². The molecule has 1 saturated heterocycles. The molecule has 1 fully saturated rings. The maximum atomic E-state index is 9.08. The van der Waals surface area contributed by atoms with Crippen molar-refractivity contribution >= 4 is 0 Å². The van der Waals surface area contributed by atoms with Crippen LogP contribution < -0.4 is 5.32 Å². The summed E-state index contributed by atoms with van der Waals surface area (Å²) in [6.45, 7) is 4.39. The highest BCUT2D eigenvalue weighted by molar-refractivity contribution is 5.34. The minimum atomic E-state index is 0.425. The van der Waals surface area contributed by atoms with Gasteiger partial charge in [0.25, 0.3) is 0 Å². The molecule has 0 amide bonds. The van der Waals surface area contributed by atoms with Crippen LogP contribution in [-0.4, -0.2) is 22.9 Å². The molecule has 1 N–H and O–H groups in total. The largest absolute Gasteiger partial charge is 0.317 e. The monoisotopic (exact) mass is 272 g/mol. The first-order chi connectivity index (χ1) is 9.85. The normalized spacial score (nSPS) is 23.3. The molecule has 1 atom stereocenters. The predicted octanol–water partition coefficient (Wildman–Crippen LogP) is 2.70. The van der Waals surface area contributed by atoms with Gasteiger partial charge in [-0.1, -0.05) is 6.92 Å². The molecule has 0 bridgehead atoms. The van der Waals surface area contributed by atoms with Crippen LogP contribution in [0.1, 0.15) is 67.9 Å². The third-order valence-electron chi connectivity index (χ3n) is 4.83. The summed E-state index contributed by atoms with van der Waals surface area (Å²) >= 11 is 0. The number of aromatic nitrogens is 2. The molecule has 1 aromatic heterocycles. The molecule has 3 rings (SSSR count). The standard InChI is InChI=1S/C16H24N4/c1-2-14-16-12(6-9-17)4-3-5-15(16)20(19-14)13-7-10-18-11-8-13/h12-13,18H,2-8,10-11H2,1H3. The van der Waals surface area contributed by atoms with Gasteiger partial charge in [0.2, 0.25) is 0 Å². The Morgan fingerprint density at radius 2 is 2.15 bits per heavy atom. The first-order valence-electron chi connectivity index (χ1n) is 8.03. The lowest BCUT2D eigenvalue weighted by Crippen LogP contribution is -2.31. The second-order valence-electron chi connectivity index (χ2n) is 6.04. The quantitative estimate of drug-likeness (QED) is 0.920. The third kappa shape index (κ3) is 2.35. The van der Waals surface area contributed by atoms with E-state index in [9.17, 15) is 0 Å². The first-order valence-corrected chi connectivity index (χ1v) is 8.03. The van der Waals surface area contributed by atoms with Gasteiger partial charge in [-0.2, -0.15) is 10.4 Å². The van der Waals surface area contributed by atoms with Crippen molar-refractivity contribution in [3.63, 3.8) is 0 Å². The molecule has 1 unspecified atom stereocenters. The molecule has 0 spiro atoms. The van der Waals surface area contributed by atoms with E-state index in [-0.39, 0.29) is 0 Å². The smallest absolute Gasteiger partial charge is 0.0660 e. The van der Waals surface area contributed by atoms with Crippen LogP contribution in [0.15, 0.2) is 0 Å². The van der Waals surface area contributed by atoms with Gasteiger partial charge in [0, 0.05) is 23.6 Å². The van der Waals surface area contributed by atoms with Gasteiger partial charge < -0.3 is 5.32 Å². The molecule has 2 aliphatic rings. The summed E-state index contributed by atoms with van der Waals surface area (Å²) in [6.07, 6.45) is 7.51. The molecule has 20 heavy (non-hydrogen) atoms. The van der Waals surface area contributed by atoms with Crippen molar-refractivity contribution in [2.24, 2.45) is 0 Å². The van der Waals surface area contributed by atoms with E-state index < -0.39 is 0 Å². The highest BCUT2D eigenvalue weighted by Crippen LogP contribution is 2.38. The predicted molar refractivity (Wildman–Crippen MR) is 78.7 cm³/mol. The van der Waals surface area contributed by atoms with Crippen LogP contribution in [-0.2, 0) is 12.8 Å². The Hall–Kier alpha value is -1.34. The van der Waals surface area contributed by atoms with E-state index in [0.717, 1.165) is 32.4 Å². The molecule has 0 aromatic carbocycles. The molecule has 1 aliphatic heterocycles. The van der Waals surface area contributed by atoms with Crippen molar-refractivity contribution in [3.05, 3.63) is 17.0 Å². The van der Waals surface area contributed by atoms with Crippen LogP contribution >= 0.6 is 0 Å². The SMILES string of the molecule is CCc1nn(C2CCNCC2)c2c1C(CC#N)CCC2. The number of nitrogens with one attached hydrogen (secondary N) is 1. The number of rotatable bonds is 3. The lowest BCUT2D eigenvalue weighted by atomic mass is 9.83. The second kappa shape index (κ2) is 5.97. The average Bonchev–Trinajstić information content (AvgIpc) is 2.88. The van der Waals surface area contributed by atoms with E-state index in [2.05, 4.69) is 23.0 Å². The summed E-state index contributed by atoms with van der Waals surface area (Å²) in [5.74, 6) is 0.425. The molecule has 4 heteroatoms. The minimum absolute atomic E-state index is 0.425. The fraction of sp³-hybridized carbons (Fsp3) is 0.750. The van der Waals surface area contributed by atoms with Crippen molar-refractivity contribution in [2.45, 2.75) is 63.8 Å². The zero-order valence-corrected chi connectivity index (χ0v) is 12.4. The van der Waals surface area contributed by atoms with Crippen molar-refractivity contribution in [3.8, 4) is 6.07 Å². The lowest BCUT2D eigenvalue weighted by Gasteiger charge is -2.27. The Morgan fingerprint density at radius 3 is 2.85 bits per heavy atom. The van der Waals surface area contributed by atoms with Gasteiger partial charge in [-0.25, -0.2) is 0 Å². The van der Waals surface area contributed by atoms with Crippen LogP contribution in [0.3, 0.4) is 0 Å². The summed E-state index contributed by atoms with van der Waals surface area (Å²) < 4.78 is 2.33. The molecule has 1 aliphatic carbocycles. The Labute approximate surface area is 121 Å². The molecular weight excluding hydrogens is 248 g/mol. The topological polar surface area (TPSA) is 53.6 Å². The van der Waals surface area contributed by atoms with Gasteiger partial charge in [-0.05, 0) is 51.6 Å². The molecular formula is C16H24N4. The summed E-state index contributed by atoms with van der Waals surface area (Å²) in [4.78, 5) is 0. The van der Waals surface area contributed by atoms with Crippen LogP contribution in [0.4, 0.5) is 0 Å². The highest BCUT2D eigenvalue weighted by Gasteiger charge is 2.30. The van der Waals surface area contributed by atoms with Crippen LogP contribution in [0.5, 0.6) is 0 Å². The molecule has 4 nitrogen and oxygen atoms in total. The third-order valence-corrected chi connectivity index (χ3v) is 4.83. The second-order valence-corrected chi connectivity index (χ2v) is 6.04. The number of hydrogen-bond donors (Lipinski definition) is 1. The van der Waals surface area contributed by atoms with Crippen molar-refractivity contribution < 1.29 is 0 Å². The number of nitrogens with zero attached hydrogens (tertiary/aromatic N) is 3. The van der Waals surface area contributed by atoms with Gasteiger partial charge in [0.15, 0.2) is 0 Å². The summed E-state index contributed by atoms with van der Waals surface area (Å²) in [6, 6.07) is 2.93. The number of piperidine rings is 1. The van der Waals surface area contributed by atoms with Crippen LogP contribution in [0.2, 0.25) is 0 Å². The molecule has 1 aromatic rings. The molecule has 108 valence electrons. The number of nitriles is 1. The van der Waals surface area contributed by atoms with Crippen molar-refractivity contribution in [1.29, 1.82) is 5.26 Å². The zero-order valence-electron chi connectivity index (χ0n) is 12.4. The summed E-state index contributed by atoms with van der Waals surface area (Å²) in [7, 11) is 0. The van der Waals surface area contributed by atoms with E-state index in [1.54, 1.807) is 0 Å². The highest BCUT2D eigenvalue weighted by atomic mass is 15.3. The number of aryl methyl sites for hydroxylation is 1. The van der Waals surface area contributed by atoms with Crippen molar-refractivity contribution in [2.75, 3.05) is 13.1 Å². The van der Waals surface area contributed by atoms with E-state index in [4.69, 9.17) is 10.4 Å². The fourth-order valence-electron chi connectivity index (χ4n) is 3.84. The Kier molecular flexibility index (Phi) is 4.07. The van der Waals surface area contributed by atoms with Gasteiger partial charge in [0.1, 0.15) is 0 Å². The maximum absolute atomic E-state index is 9.08. The van der Waals surface area contributed by atoms with E-state index >= 15 is 0 Å². The van der Waals surface area contributed by atoms with Gasteiger partial charge in [-0.15, -0.1) is 0 Å². The Balaban J connectivity index is 1.98. The van der Waals surface area contributed by atoms with Crippen LogP contribution in [0.25, 0.3) is 0 Å². The first kappa shape index (κ1) is 13.6. The molecule has 0 radical (unpaired) electrons. The summed E-state index contributed by atoms with van der Waals surface area (Å²) in [5, 5.41) is 17.5. The maximum Gasteiger partial charge on any atom is 0.0660 e. The van der Waals surface area contributed by atoms with Crippen LogP contribution in [0, 0.1) is 11.3 Å². The van der Waals surface area contributed by atoms with Crippen molar-refractivity contribution in [1.82, 2.24) is 15.1 Å². The van der Waals surface area contributed by atoms with Gasteiger partial charge >= 0.3 is 0 Å². The Bertz CT molecular complexity index is 505. The van der Waals surface area contributed by atoms with Gasteiger partial charge in [0.05, 0.1) is 17.8 Å². The molecule has 0 saturated carbocycles. The van der Waals surface area contributed by atoms with E-state index in [1.807, 2.05) is 0 Å². The molecule has 2 heterocycles. The average molecular weight is 272 g/mol. The Morgan fingerprint density at radius 1 is 1.35 bits per heavy atom. The minimum Gasteiger partial charge on any atom is -0.317 e. The zero-order chi connectivity index (χ0) is 13.9. The number of hydrogen-bond acceptors (Lipinski definition) is 3. The lowest BCUT2D eigenvalue weighted by molar-refractivity contribution is 0.330. The van der Waals surface area contributed by atoms with E-state index in [0.29, 0.717) is 18.4 Å². The van der Waals surface area contributed by atoms with E-state index in [1.165, 1.54) is 36.2 Å². The fourth-order valence-corrected chi connectivity index (χ4v) is 3.84. The summed E-state index contributed by atoms with van der Waals surface area (Å²) in [5.41, 5.74) is 4.12. The number of fused-ring (bicyclic) bond motifs is 1.